The van der Waals surface area contributed by atoms with Crippen LogP contribution in [0.25, 0.3) is 0 Å². The largest absolute Gasteiger partial charge is 0.480 e. The molecular weight excluding hydrogens is 230 g/mol. The minimum Gasteiger partial charge on any atom is -0.480 e. The van der Waals surface area contributed by atoms with Gasteiger partial charge >= 0.3 is 0 Å². The second-order valence-electron chi connectivity index (χ2n) is 4.58. The van der Waals surface area contributed by atoms with E-state index >= 15 is 0 Å². The summed E-state index contributed by atoms with van der Waals surface area (Å²) < 4.78 is 10.4. The summed E-state index contributed by atoms with van der Waals surface area (Å²) in [7, 11) is 3.20. The van der Waals surface area contributed by atoms with Gasteiger partial charge in [-0.2, -0.15) is 4.98 Å². The van der Waals surface area contributed by atoms with E-state index < -0.39 is 0 Å². The lowest BCUT2D eigenvalue weighted by atomic mass is 10.1. The summed E-state index contributed by atoms with van der Waals surface area (Å²) in [6.07, 6.45) is 5.26. The van der Waals surface area contributed by atoms with Crippen molar-refractivity contribution >= 4 is 0 Å². The Balaban J connectivity index is 2.22. The molecule has 0 saturated heterocycles. The molecule has 0 aliphatic heterocycles. The summed E-state index contributed by atoms with van der Waals surface area (Å²) in [6.45, 7) is 3.14. The minimum atomic E-state index is 0.248. The van der Waals surface area contributed by atoms with Crippen LogP contribution in [0.15, 0.2) is 6.20 Å². The standard InChI is InChI=1S/C13H21N3O2/c1-4-7-14-11(9-5-6-9)12-13(18-3)16-10(17-2)8-15-12/h8-9,11,14H,4-7H2,1-3H3. The van der Waals surface area contributed by atoms with Gasteiger partial charge in [-0.1, -0.05) is 6.92 Å². The van der Waals surface area contributed by atoms with Crippen LogP contribution in [0.3, 0.4) is 0 Å². The van der Waals surface area contributed by atoms with Crippen molar-refractivity contribution in [3.63, 3.8) is 0 Å². The number of nitrogens with one attached hydrogen (secondary N) is 1. The Kier molecular flexibility index (Phi) is 4.36. The van der Waals surface area contributed by atoms with Crippen molar-refractivity contribution in [3.8, 4) is 11.8 Å². The monoisotopic (exact) mass is 251 g/mol. The van der Waals surface area contributed by atoms with E-state index in [4.69, 9.17) is 9.47 Å². The molecule has 0 aromatic carbocycles. The summed E-state index contributed by atoms with van der Waals surface area (Å²) in [4.78, 5) is 8.76. The van der Waals surface area contributed by atoms with Gasteiger partial charge in [-0.3, -0.25) is 0 Å². The van der Waals surface area contributed by atoms with Crippen molar-refractivity contribution in [1.29, 1.82) is 0 Å². The van der Waals surface area contributed by atoms with Crippen molar-refractivity contribution in [2.45, 2.75) is 32.2 Å². The number of ether oxygens (including phenoxy) is 2. The zero-order valence-corrected chi connectivity index (χ0v) is 11.3. The third-order valence-corrected chi connectivity index (χ3v) is 3.15. The first kappa shape index (κ1) is 13.1. The van der Waals surface area contributed by atoms with E-state index in [1.54, 1.807) is 20.4 Å². The van der Waals surface area contributed by atoms with E-state index in [2.05, 4.69) is 22.2 Å². The lowest BCUT2D eigenvalue weighted by Gasteiger charge is -2.19. The van der Waals surface area contributed by atoms with Crippen LogP contribution in [0.2, 0.25) is 0 Å². The van der Waals surface area contributed by atoms with Crippen LogP contribution in [-0.4, -0.2) is 30.7 Å². The van der Waals surface area contributed by atoms with E-state index in [0.717, 1.165) is 18.7 Å². The van der Waals surface area contributed by atoms with E-state index in [-0.39, 0.29) is 6.04 Å². The molecule has 100 valence electrons. The highest BCUT2D eigenvalue weighted by atomic mass is 16.5. The van der Waals surface area contributed by atoms with Crippen LogP contribution in [0.1, 0.15) is 37.9 Å². The summed E-state index contributed by atoms with van der Waals surface area (Å²) in [5, 5.41) is 3.54. The van der Waals surface area contributed by atoms with Gasteiger partial charge in [-0.25, -0.2) is 4.98 Å². The summed E-state index contributed by atoms with van der Waals surface area (Å²) in [5.74, 6) is 1.71. The third-order valence-electron chi connectivity index (χ3n) is 3.15. The average molecular weight is 251 g/mol. The van der Waals surface area contributed by atoms with Gasteiger partial charge in [-0.05, 0) is 31.7 Å². The average Bonchev–Trinajstić information content (AvgIpc) is 3.24. The van der Waals surface area contributed by atoms with E-state index in [1.165, 1.54) is 12.8 Å². The Morgan fingerprint density at radius 1 is 1.39 bits per heavy atom. The molecule has 1 aliphatic rings. The molecule has 2 rings (SSSR count). The van der Waals surface area contributed by atoms with Crippen LogP contribution >= 0.6 is 0 Å². The smallest absolute Gasteiger partial charge is 0.240 e. The first-order chi connectivity index (χ1) is 8.80. The van der Waals surface area contributed by atoms with Gasteiger partial charge in [-0.15, -0.1) is 0 Å². The van der Waals surface area contributed by atoms with Crippen LogP contribution in [0.4, 0.5) is 0 Å². The number of hydrogen-bond donors (Lipinski definition) is 1. The zero-order chi connectivity index (χ0) is 13.0. The first-order valence-corrected chi connectivity index (χ1v) is 6.48. The molecule has 0 spiro atoms. The fourth-order valence-electron chi connectivity index (χ4n) is 2.04. The lowest BCUT2D eigenvalue weighted by Crippen LogP contribution is -2.25. The van der Waals surface area contributed by atoms with Gasteiger partial charge in [0.2, 0.25) is 11.8 Å². The molecule has 1 N–H and O–H groups in total. The fourth-order valence-corrected chi connectivity index (χ4v) is 2.04. The van der Waals surface area contributed by atoms with Crippen molar-refractivity contribution < 1.29 is 9.47 Å². The van der Waals surface area contributed by atoms with Crippen LogP contribution in [-0.2, 0) is 0 Å². The van der Waals surface area contributed by atoms with Crippen LogP contribution < -0.4 is 14.8 Å². The minimum absolute atomic E-state index is 0.248. The second kappa shape index (κ2) is 6.00. The molecule has 1 aliphatic carbocycles. The molecule has 1 atom stereocenters. The highest BCUT2D eigenvalue weighted by Gasteiger charge is 2.35. The Morgan fingerprint density at radius 3 is 2.72 bits per heavy atom. The SMILES string of the molecule is CCCNC(c1ncc(OC)nc1OC)C1CC1. The summed E-state index contributed by atoms with van der Waals surface area (Å²) in [6, 6.07) is 0.248. The highest BCUT2D eigenvalue weighted by Crippen LogP contribution is 2.42. The molecule has 0 bridgehead atoms. The highest BCUT2D eigenvalue weighted by molar-refractivity contribution is 5.27. The predicted molar refractivity (Wildman–Crippen MR) is 68.9 cm³/mol. The molecule has 1 heterocycles. The van der Waals surface area contributed by atoms with Crippen LogP contribution in [0, 0.1) is 5.92 Å². The van der Waals surface area contributed by atoms with Crippen molar-refractivity contribution in [2.75, 3.05) is 20.8 Å². The van der Waals surface area contributed by atoms with Crippen molar-refractivity contribution in [3.05, 3.63) is 11.9 Å². The molecule has 5 nitrogen and oxygen atoms in total. The summed E-state index contributed by atoms with van der Waals surface area (Å²) in [5.41, 5.74) is 0.897. The topological polar surface area (TPSA) is 56.3 Å². The molecule has 1 aromatic rings. The Bertz CT molecular complexity index is 394. The van der Waals surface area contributed by atoms with Crippen LogP contribution in [0.5, 0.6) is 11.8 Å². The van der Waals surface area contributed by atoms with Gasteiger partial charge in [0.1, 0.15) is 5.69 Å². The molecule has 0 amide bonds. The number of nitrogens with zero attached hydrogens (tertiary/aromatic N) is 2. The van der Waals surface area contributed by atoms with E-state index in [1.807, 2.05) is 0 Å². The van der Waals surface area contributed by atoms with Gasteiger partial charge in [0.15, 0.2) is 0 Å². The van der Waals surface area contributed by atoms with Gasteiger partial charge < -0.3 is 14.8 Å². The number of aromatic nitrogens is 2. The van der Waals surface area contributed by atoms with Crippen molar-refractivity contribution in [1.82, 2.24) is 15.3 Å². The van der Waals surface area contributed by atoms with Gasteiger partial charge in [0, 0.05) is 0 Å². The maximum Gasteiger partial charge on any atom is 0.240 e. The molecule has 1 unspecified atom stereocenters. The molecule has 0 radical (unpaired) electrons. The van der Waals surface area contributed by atoms with E-state index in [9.17, 15) is 0 Å². The summed E-state index contributed by atoms with van der Waals surface area (Å²) >= 11 is 0. The molecule has 1 aromatic heterocycles. The van der Waals surface area contributed by atoms with E-state index in [0.29, 0.717) is 17.7 Å². The Labute approximate surface area is 108 Å². The fraction of sp³-hybridized carbons (Fsp3) is 0.692. The quantitative estimate of drug-likeness (QED) is 0.802. The Hall–Kier alpha value is -1.36. The number of hydrogen-bond acceptors (Lipinski definition) is 5. The first-order valence-electron chi connectivity index (χ1n) is 6.48. The van der Waals surface area contributed by atoms with Crippen molar-refractivity contribution in [2.24, 2.45) is 5.92 Å². The molecule has 18 heavy (non-hydrogen) atoms. The molecule has 5 heteroatoms. The predicted octanol–water partition coefficient (Wildman–Crippen LogP) is 1.94. The third kappa shape index (κ3) is 2.90. The molecular formula is C13H21N3O2. The zero-order valence-electron chi connectivity index (χ0n) is 11.3. The maximum absolute atomic E-state index is 5.33. The lowest BCUT2D eigenvalue weighted by molar-refractivity contribution is 0.344. The van der Waals surface area contributed by atoms with Gasteiger partial charge in [0.25, 0.3) is 0 Å². The molecule has 1 saturated carbocycles. The Morgan fingerprint density at radius 2 is 2.17 bits per heavy atom. The molecule has 1 fully saturated rings. The van der Waals surface area contributed by atoms with Gasteiger partial charge in [0.05, 0.1) is 26.5 Å². The second-order valence-corrected chi connectivity index (χ2v) is 4.58. The number of rotatable bonds is 7. The number of methoxy groups -OCH3 is 2. The normalized spacial score (nSPS) is 16.4. The maximum atomic E-state index is 5.33.